The summed E-state index contributed by atoms with van der Waals surface area (Å²) in [5.41, 5.74) is 0.270. The van der Waals surface area contributed by atoms with Crippen LogP contribution in [0.15, 0.2) is 35.3 Å². The Morgan fingerprint density at radius 3 is 2.65 bits per heavy atom. The van der Waals surface area contributed by atoms with E-state index in [-0.39, 0.29) is 10.6 Å². The predicted molar refractivity (Wildman–Crippen MR) is 95.9 cm³/mol. The van der Waals surface area contributed by atoms with Gasteiger partial charge in [-0.15, -0.1) is 0 Å². The Hall–Kier alpha value is -2.80. The van der Waals surface area contributed by atoms with Gasteiger partial charge in [-0.1, -0.05) is 11.6 Å². The van der Waals surface area contributed by atoms with Crippen molar-refractivity contribution < 1.29 is 19.5 Å². The molecule has 7 nitrogen and oxygen atoms in total. The number of aromatic hydroxyl groups is 1. The fourth-order valence-corrected chi connectivity index (χ4v) is 3.49. The molecule has 1 heterocycles. The van der Waals surface area contributed by atoms with Crippen LogP contribution in [0, 0.1) is 10.1 Å². The molecular weight excluding hydrogens is 360 g/mol. The number of hydrogen-bond acceptors (Lipinski definition) is 6. The molecule has 0 aromatic heterocycles. The quantitative estimate of drug-likeness (QED) is 0.475. The number of hydrogen-bond donors (Lipinski definition) is 1. The molecule has 1 aliphatic carbocycles. The van der Waals surface area contributed by atoms with Gasteiger partial charge in [-0.2, -0.15) is 0 Å². The molecule has 26 heavy (non-hydrogen) atoms. The summed E-state index contributed by atoms with van der Waals surface area (Å²) in [7, 11) is 0. The van der Waals surface area contributed by atoms with Gasteiger partial charge in [0.1, 0.15) is 0 Å². The number of halogens is 1. The number of nitro benzene ring substituents is 1. The third kappa shape index (κ3) is 2.94. The molecule has 2 aromatic carbocycles. The zero-order chi connectivity index (χ0) is 18.3. The van der Waals surface area contributed by atoms with Crippen LogP contribution < -0.4 is 9.47 Å². The number of phenols is 1. The molecule has 0 unspecified atom stereocenters. The minimum atomic E-state index is -0.694. The van der Waals surface area contributed by atoms with Crippen molar-refractivity contribution in [2.45, 2.75) is 31.5 Å². The van der Waals surface area contributed by atoms with Crippen LogP contribution in [-0.4, -0.2) is 22.0 Å². The number of aliphatic imine (C=N–C) groups is 1. The van der Waals surface area contributed by atoms with Crippen LogP contribution in [0.25, 0.3) is 0 Å². The Morgan fingerprint density at radius 2 is 1.92 bits per heavy atom. The first kappa shape index (κ1) is 16.7. The SMILES string of the molecule is O=[N+]([O-])c1cc(Cl)cc(C=Nc2ccc3c(c2)OC2(CCCC2)O3)c1O. The van der Waals surface area contributed by atoms with E-state index in [4.69, 9.17) is 21.1 Å². The maximum absolute atomic E-state index is 11.0. The van der Waals surface area contributed by atoms with Crippen molar-refractivity contribution in [2.75, 3.05) is 0 Å². The van der Waals surface area contributed by atoms with Crippen molar-refractivity contribution in [3.63, 3.8) is 0 Å². The summed E-state index contributed by atoms with van der Waals surface area (Å²) in [6.45, 7) is 0. The van der Waals surface area contributed by atoms with E-state index in [1.807, 2.05) is 0 Å². The van der Waals surface area contributed by atoms with Crippen molar-refractivity contribution in [1.82, 2.24) is 0 Å². The molecule has 134 valence electrons. The highest BCUT2D eigenvalue weighted by Gasteiger charge is 2.44. The molecule has 1 fully saturated rings. The monoisotopic (exact) mass is 374 g/mol. The summed E-state index contributed by atoms with van der Waals surface area (Å²) in [5, 5.41) is 21.1. The van der Waals surface area contributed by atoms with Gasteiger partial charge in [0.15, 0.2) is 11.5 Å². The highest BCUT2D eigenvalue weighted by molar-refractivity contribution is 6.31. The van der Waals surface area contributed by atoms with Gasteiger partial charge in [0.2, 0.25) is 5.75 Å². The van der Waals surface area contributed by atoms with E-state index in [1.165, 1.54) is 12.3 Å². The van der Waals surface area contributed by atoms with Crippen LogP contribution >= 0.6 is 11.6 Å². The second-order valence-corrected chi connectivity index (χ2v) is 6.77. The minimum Gasteiger partial charge on any atom is -0.502 e. The van der Waals surface area contributed by atoms with Crippen LogP contribution in [0.1, 0.15) is 31.2 Å². The summed E-state index contributed by atoms with van der Waals surface area (Å²) < 4.78 is 11.9. The van der Waals surface area contributed by atoms with E-state index in [0.29, 0.717) is 17.2 Å². The lowest BCUT2D eigenvalue weighted by molar-refractivity contribution is -0.385. The third-order valence-corrected chi connectivity index (χ3v) is 4.74. The fraction of sp³-hybridized carbons (Fsp3) is 0.278. The molecule has 1 spiro atoms. The van der Waals surface area contributed by atoms with Crippen LogP contribution in [0.4, 0.5) is 11.4 Å². The lowest BCUT2D eigenvalue weighted by atomic mass is 10.2. The lowest BCUT2D eigenvalue weighted by Crippen LogP contribution is -2.34. The first-order chi connectivity index (χ1) is 12.5. The van der Waals surface area contributed by atoms with Gasteiger partial charge in [-0.25, -0.2) is 0 Å². The molecular formula is C18H15ClN2O5. The van der Waals surface area contributed by atoms with Crippen LogP contribution in [-0.2, 0) is 0 Å². The van der Waals surface area contributed by atoms with Gasteiger partial charge in [0.05, 0.1) is 10.6 Å². The van der Waals surface area contributed by atoms with Gasteiger partial charge in [0, 0.05) is 41.8 Å². The van der Waals surface area contributed by atoms with E-state index in [9.17, 15) is 15.2 Å². The maximum atomic E-state index is 11.0. The normalized spacial score (nSPS) is 17.3. The molecule has 2 aliphatic rings. The van der Waals surface area contributed by atoms with E-state index in [2.05, 4.69) is 4.99 Å². The van der Waals surface area contributed by atoms with Crippen molar-refractivity contribution in [3.8, 4) is 17.2 Å². The lowest BCUT2D eigenvalue weighted by Gasteiger charge is -2.21. The molecule has 1 saturated carbocycles. The summed E-state index contributed by atoms with van der Waals surface area (Å²) in [6.07, 6.45) is 5.20. The zero-order valence-corrected chi connectivity index (χ0v) is 14.4. The second-order valence-electron chi connectivity index (χ2n) is 6.33. The van der Waals surface area contributed by atoms with Gasteiger partial charge in [-0.05, 0) is 31.0 Å². The third-order valence-electron chi connectivity index (χ3n) is 4.52. The van der Waals surface area contributed by atoms with E-state index >= 15 is 0 Å². The smallest absolute Gasteiger partial charge is 0.312 e. The van der Waals surface area contributed by atoms with Crippen LogP contribution in [0.2, 0.25) is 5.02 Å². The van der Waals surface area contributed by atoms with E-state index in [0.717, 1.165) is 31.7 Å². The molecule has 1 aliphatic heterocycles. The Bertz CT molecular complexity index is 922. The Balaban J connectivity index is 1.61. The number of nitro groups is 1. The van der Waals surface area contributed by atoms with Crippen molar-refractivity contribution in [1.29, 1.82) is 0 Å². The molecule has 2 aromatic rings. The van der Waals surface area contributed by atoms with Gasteiger partial charge in [0.25, 0.3) is 5.79 Å². The number of phenolic OH excluding ortho intramolecular Hbond substituents is 1. The first-order valence-electron chi connectivity index (χ1n) is 8.19. The molecule has 4 rings (SSSR count). The standard InChI is InChI=1S/C18H15ClN2O5/c19-12-7-11(17(22)14(8-12)21(23)24)10-20-13-3-4-15-16(9-13)26-18(25-15)5-1-2-6-18/h3-4,7-10,22H,1-2,5-6H2. The van der Waals surface area contributed by atoms with Crippen molar-refractivity contribution in [3.05, 3.63) is 51.0 Å². The summed E-state index contributed by atoms with van der Waals surface area (Å²) in [6, 6.07) is 7.79. The molecule has 0 radical (unpaired) electrons. The average molecular weight is 375 g/mol. The number of rotatable bonds is 3. The molecule has 0 amide bonds. The van der Waals surface area contributed by atoms with Gasteiger partial charge >= 0.3 is 5.69 Å². The topological polar surface area (TPSA) is 94.2 Å². The molecule has 1 N–H and O–H groups in total. The molecule has 8 heteroatoms. The molecule has 0 bridgehead atoms. The summed E-state index contributed by atoms with van der Waals surface area (Å²) in [5.74, 6) is 0.292. The van der Waals surface area contributed by atoms with E-state index < -0.39 is 22.1 Å². The number of benzene rings is 2. The number of fused-ring (bicyclic) bond motifs is 1. The number of ether oxygens (including phenoxy) is 2. The fourth-order valence-electron chi connectivity index (χ4n) is 3.27. The highest BCUT2D eigenvalue weighted by atomic mass is 35.5. The second kappa shape index (κ2) is 6.17. The number of nitrogens with zero attached hydrogens (tertiary/aromatic N) is 2. The van der Waals surface area contributed by atoms with Gasteiger partial charge in [-0.3, -0.25) is 15.1 Å². The largest absolute Gasteiger partial charge is 0.502 e. The first-order valence-corrected chi connectivity index (χ1v) is 8.57. The van der Waals surface area contributed by atoms with Crippen LogP contribution in [0.5, 0.6) is 17.2 Å². The maximum Gasteiger partial charge on any atom is 0.312 e. The highest BCUT2D eigenvalue weighted by Crippen LogP contribution is 2.47. The summed E-state index contributed by atoms with van der Waals surface area (Å²) >= 11 is 5.88. The molecule has 0 saturated heterocycles. The Kier molecular flexibility index (Phi) is 3.96. The predicted octanol–water partition coefficient (Wildman–Crippen LogP) is 4.75. The van der Waals surface area contributed by atoms with E-state index in [1.54, 1.807) is 18.2 Å². The Labute approximate surface area is 154 Å². The average Bonchev–Trinajstić information content (AvgIpc) is 3.20. The summed E-state index contributed by atoms with van der Waals surface area (Å²) in [4.78, 5) is 14.5. The van der Waals surface area contributed by atoms with Crippen molar-refractivity contribution >= 4 is 29.2 Å². The molecule has 0 atom stereocenters. The minimum absolute atomic E-state index is 0.143. The Morgan fingerprint density at radius 1 is 1.19 bits per heavy atom. The van der Waals surface area contributed by atoms with Gasteiger partial charge < -0.3 is 14.6 Å². The zero-order valence-electron chi connectivity index (χ0n) is 13.6. The van der Waals surface area contributed by atoms with Crippen LogP contribution in [0.3, 0.4) is 0 Å². The van der Waals surface area contributed by atoms with Crippen molar-refractivity contribution in [2.24, 2.45) is 4.99 Å².